The Morgan fingerprint density at radius 2 is 1.93 bits per heavy atom. The van der Waals surface area contributed by atoms with Crippen molar-refractivity contribution in [1.29, 1.82) is 0 Å². The summed E-state index contributed by atoms with van der Waals surface area (Å²) in [7, 11) is 1.58. The standard InChI is InChI=1S/C21H24N4O3/c1-15(16-9-11-17(12-10-16)25-13-5-8-21(25)27)23-24-20(26)14-22-18-6-3-4-7-19(18)28-2/h3-4,6-7,9-12,22H,5,8,13-14H2,1-2H3,(H,24,26)/b23-15-. The van der Waals surface area contributed by atoms with Crippen molar-refractivity contribution in [2.75, 3.05) is 30.4 Å². The molecule has 0 radical (unpaired) electrons. The summed E-state index contributed by atoms with van der Waals surface area (Å²) in [6.45, 7) is 2.66. The molecule has 1 fully saturated rings. The fourth-order valence-electron chi connectivity index (χ4n) is 3.02. The number of rotatable bonds is 7. The molecule has 0 aromatic heterocycles. The molecule has 7 heteroatoms. The largest absolute Gasteiger partial charge is 0.495 e. The van der Waals surface area contributed by atoms with Crippen molar-refractivity contribution in [2.24, 2.45) is 5.10 Å². The van der Waals surface area contributed by atoms with Crippen LogP contribution in [0.5, 0.6) is 5.75 Å². The Hall–Kier alpha value is -3.35. The van der Waals surface area contributed by atoms with E-state index in [1.165, 1.54) is 0 Å². The van der Waals surface area contributed by atoms with Crippen LogP contribution in [0.2, 0.25) is 0 Å². The van der Waals surface area contributed by atoms with Crippen LogP contribution in [-0.4, -0.2) is 37.7 Å². The van der Waals surface area contributed by atoms with Crippen LogP contribution in [0, 0.1) is 0 Å². The van der Waals surface area contributed by atoms with Crippen LogP contribution in [-0.2, 0) is 9.59 Å². The number of hydrogen-bond acceptors (Lipinski definition) is 5. The van der Waals surface area contributed by atoms with Gasteiger partial charge in [0.25, 0.3) is 5.91 Å². The number of carbonyl (C=O) groups excluding carboxylic acids is 2. The van der Waals surface area contributed by atoms with E-state index in [9.17, 15) is 9.59 Å². The molecule has 7 nitrogen and oxygen atoms in total. The van der Waals surface area contributed by atoms with E-state index in [4.69, 9.17) is 4.74 Å². The zero-order valence-electron chi connectivity index (χ0n) is 16.1. The first-order valence-corrected chi connectivity index (χ1v) is 9.19. The monoisotopic (exact) mass is 380 g/mol. The molecule has 0 saturated carbocycles. The molecule has 146 valence electrons. The van der Waals surface area contributed by atoms with Gasteiger partial charge in [0, 0.05) is 18.7 Å². The van der Waals surface area contributed by atoms with Crippen LogP contribution < -0.4 is 20.4 Å². The smallest absolute Gasteiger partial charge is 0.259 e. The number of para-hydroxylation sites is 2. The third kappa shape index (κ3) is 4.68. The Balaban J connectivity index is 1.54. The van der Waals surface area contributed by atoms with Crippen molar-refractivity contribution < 1.29 is 14.3 Å². The Morgan fingerprint density at radius 1 is 1.18 bits per heavy atom. The average Bonchev–Trinajstić information content (AvgIpc) is 3.16. The molecule has 1 heterocycles. The van der Waals surface area contributed by atoms with E-state index in [-0.39, 0.29) is 18.4 Å². The summed E-state index contributed by atoms with van der Waals surface area (Å²) in [4.78, 5) is 25.7. The van der Waals surface area contributed by atoms with Gasteiger partial charge in [-0.15, -0.1) is 0 Å². The molecule has 0 unspecified atom stereocenters. The predicted molar refractivity (Wildman–Crippen MR) is 110 cm³/mol. The highest BCUT2D eigenvalue weighted by atomic mass is 16.5. The maximum Gasteiger partial charge on any atom is 0.259 e. The highest BCUT2D eigenvalue weighted by Crippen LogP contribution is 2.23. The first-order valence-electron chi connectivity index (χ1n) is 9.19. The number of anilines is 2. The molecule has 0 aliphatic carbocycles. The first-order chi connectivity index (χ1) is 13.6. The van der Waals surface area contributed by atoms with Gasteiger partial charge in [-0.25, -0.2) is 5.43 Å². The topological polar surface area (TPSA) is 83.0 Å². The van der Waals surface area contributed by atoms with Crippen molar-refractivity contribution >= 4 is 28.9 Å². The predicted octanol–water partition coefficient (Wildman–Crippen LogP) is 2.77. The lowest BCUT2D eigenvalue weighted by atomic mass is 10.1. The molecule has 2 aromatic carbocycles. The molecule has 0 bridgehead atoms. The fraction of sp³-hybridized carbons (Fsp3) is 0.286. The van der Waals surface area contributed by atoms with Crippen molar-refractivity contribution in [3.05, 3.63) is 54.1 Å². The maximum absolute atomic E-state index is 12.1. The van der Waals surface area contributed by atoms with Gasteiger partial charge in [0.15, 0.2) is 0 Å². The number of nitrogens with one attached hydrogen (secondary N) is 2. The van der Waals surface area contributed by atoms with Crippen molar-refractivity contribution in [1.82, 2.24) is 5.43 Å². The number of nitrogens with zero attached hydrogens (tertiary/aromatic N) is 2. The number of ether oxygens (including phenoxy) is 1. The average molecular weight is 380 g/mol. The number of hydrogen-bond donors (Lipinski definition) is 2. The van der Waals surface area contributed by atoms with Crippen LogP contribution >= 0.6 is 0 Å². The summed E-state index contributed by atoms with van der Waals surface area (Å²) in [5, 5.41) is 7.18. The minimum Gasteiger partial charge on any atom is -0.495 e. The summed E-state index contributed by atoms with van der Waals surface area (Å²) in [6, 6.07) is 15.0. The van der Waals surface area contributed by atoms with E-state index in [0.29, 0.717) is 17.9 Å². The van der Waals surface area contributed by atoms with Crippen molar-refractivity contribution in [3.8, 4) is 5.75 Å². The van der Waals surface area contributed by atoms with Gasteiger partial charge in [-0.05, 0) is 43.2 Å². The van der Waals surface area contributed by atoms with Crippen molar-refractivity contribution in [2.45, 2.75) is 19.8 Å². The summed E-state index contributed by atoms with van der Waals surface area (Å²) >= 11 is 0. The summed E-state index contributed by atoms with van der Waals surface area (Å²) in [6.07, 6.45) is 1.51. The van der Waals surface area contributed by atoms with Gasteiger partial charge in [-0.2, -0.15) is 5.10 Å². The Bertz CT molecular complexity index is 877. The molecule has 2 N–H and O–H groups in total. The van der Waals surface area contributed by atoms with Gasteiger partial charge >= 0.3 is 0 Å². The van der Waals surface area contributed by atoms with E-state index in [1.807, 2.05) is 55.5 Å². The normalized spacial score (nSPS) is 14.1. The maximum atomic E-state index is 12.1. The summed E-state index contributed by atoms with van der Waals surface area (Å²) < 4.78 is 5.24. The van der Waals surface area contributed by atoms with E-state index >= 15 is 0 Å². The van der Waals surface area contributed by atoms with Crippen LogP contribution in [0.25, 0.3) is 0 Å². The van der Waals surface area contributed by atoms with Gasteiger partial charge in [0.2, 0.25) is 5.91 Å². The lowest BCUT2D eigenvalue weighted by Gasteiger charge is -2.15. The molecule has 2 amide bonds. The number of methoxy groups -OCH3 is 1. The van der Waals surface area contributed by atoms with E-state index in [0.717, 1.165) is 29.9 Å². The van der Waals surface area contributed by atoms with Crippen LogP contribution in [0.4, 0.5) is 11.4 Å². The second-order valence-electron chi connectivity index (χ2n) is 6.48. The SMILES string of the molecule is COc1ccccc1NCC(=O)N/N=C(/C)c1ccc(N2CCCC2=O)cc1. The molecule has 0 spiro atoms. The first kappa shape index (κ1) is 19.4. The molecule has 1 aliphatic rings. The third-order valence-electron chi connectivity index (χ3n) is 4.56. The van der Waals surface area contributed by atoms with E-state index < -0.39 is 0 Å². The number of amides is 2. The fourth-order valence-corrected chi connectivity index (χ4v) is 3.02. The zero-order valence-corrected chi connectivity index (χ0v) is 16.1. The minimum atomic E-state index is -0.260. The second kappa shape index (κ2) is 9.03. The molecule has 28 heavy (non-hydrogen) atoms. The quantitative estimate of drug-likeness (QED) is 0.572. The van der Waals surface area contributed by atoms with Crippen LogP contribution in [0.1, 0.15) is 25.3 Å². The lowest BCUT2D eigenvalue weighted by Crippen LogP contribution is -2.27. The summed E-state index contributed by atoms with van der Waals surface area (Å²) in [5.41, 5.74) is 5.75. The Morgan fingerprint density at radius 3 is 2.61 bits per heavy atom. The molecule has 1 aliphatic heterocycles. The molecule has 3 rings (SSSR count). The third-order valence-corrected chi connectivity index (χ3v) is 4.56. The Labute approximate surface area is 164 Å². The Kier molecular flexibility index (Phi) is 6.26. The molecule has 2 aromatic rings. The minimum absolute atomic E-state index is 0.0766. The lowest BCUT2D eigenvalue weighted by molar-refractivity contribution is -0.119. The second-order valence-corrected chi connectivity index (χ2v) is 6.48. The van der Waals surface area contributed by atoms with Gasteiger partial charge in [0.1, 0.15) is 5.75 Å². The van der Waals surface area contributed by atoms with Crippen molar-refractivity contribution in [3.63, 3.8) is 0 Å². The molecule has 0 atom stereocenters. The zero-order chi connectivity index (χ0) is 19.9. The number of hydrazone groups is 1. The van der Waals surface area contributed by atoms with Gasteiger partial charge in [0.05, 0.1) is 25.1 Å². The van der Waals surface area contributed by atoms with Crippen LogP contribution in [0.15, 0.2) is 53.6 Å². The molecule has 1 saturated heterocycles. The van der Waals surface area contributed by atoms with E-state index in [1.54, 1.807) is 12.0 Å². The van der Waals surface area contributed by atoms with Gasteiger partial charge in [-0.3, -0.25) is 9.59 Å². The molecular weight excluding hydrogens is 356 g/mol. The summed E-state index contributed by atoms with van der Waals surface area (Å²) in [5.74, 6) is 0.573. The highest BCUT2D eigenvalue weighted by molar-refractivity contribution is 6.00. The number of carbonyl (C=O) groups is 2. The molecular formula is C21H24N4O3. The van der Waals surface area contributed by atoms with Gasteiger partial charge < -0.3 is 15.0 Å². The van der Waals surface area contributed by atoms with Gasteiger partial charge in [-0.1, -0.05) is 24.3 Å². The number of benzene rings is 2. The highest BCUT2D eigenvalue weighted by Gasteiger charge is 2.21. The van der Waals surface area contributed by atoms with E-state index in [2.05, 4.69) is 15.8 Å². The van der Waals surface area contributed by atoms with Crippen LogP contribution in [0.3, 0.4) is 0 Å².